The first-order valence-corrected chi connectivity index (χ1v) is 3.44. The van der Waals surface area contributed by atoms with E-state index < -0.39 is 0 Å². The molecule has 1 radical (unpaired) electrons. The summed E-state index contributed by atoms with van der Waals surface area (Å²) in [5, 5.41) is 3.25. The summed E-state index contributed by atoms with van der Waals surface area (Å²) in [6.45, 7) is 0. The smallest absolute Gasteiger partial charge is 0.00955 e. The molecule has 1 nitrogen and oxygen atoms in total. The van der Waals surface area contributed by atoms with Crippen LogP contribution in [0, 0.1) is 6.42 Å². The molecule has 47 valence electrons. The highest BCUT2D eigenvalue weighted by atomic mass is 14.9. The Hall–Kier alpha value is -0.0400. The molecule has 1 N–H and O–H groups in total. The van der Waals surface area contributed by atoms with Crippen LogP contribution in [-0.2, 0) is 0 Å². The first kappa shape index (κ1) is 6.09. The van der Waals surface area contributed by atoms with Gasteiger partial charge in [-0.1, -0.05) is 12.8 Å². The highest BCUT2D eigenvalue weighted by Gasteiger charge is 2.09. The van der Waals surface area contributed by atoms with Crippen LogP contribution in [-0.4, -0.2) is 13.1 Å². The standard InChI is InChI=1S/C7H14N/c1-8-7-5-3-2-4-6-7/h5,7-8H,2-4,6H2,1H3/t7-/m1/s1. The molecule has 0 aliphatic heterocycles. The Kier molecular flexibility index (Phi) is 2.34. The van der Waals surface area contributed by atoms with Crippen molar-refractivity contribution in [3.8, 4) is 0 Å². The van der Waals surface area contributed by atoms with E-state index in [1.807, 2.05) is 7.05 Å². The topological polar surface area (TPSA) is 12.0 Å². The number of nitrogens with one attached hydrogen (secondary N) is 1. The second-order valence-corrected chi connectivity index (χ2v) is 2.42. The Morgan fingerprint density at radius 2 is 2.38 bits per heavy atom. The molecular formula is C7H14N. The zero-order valence-corrected chi connectivity index (χ0v) is 5.48. The monoisotopic (exact) mass is 112 g/mol. The minimum Gasteiger partial charge on any atom is -0.317 e. The third kappa shape index (κ3) is 1.48. The van der Waals surface area contributed by atoms with E-state index in [1.165, 1.54) is 25.7 Å². The molecule has 0 unspecified atom stereocenters. The molecule has 0 saturated heterocycles. The minimum atomic E-state index is 0.712. The molecule has 1 aliphatic carbocycles. The van der Waals surface area contributed by atoms with E-state index in [9.17, 15) is 0 Å². The zero-order chi connectivity index (χ0) is 5.82. The summed E-state index contributed by atoms with van der Waals surface area (Å²) in [5.74, 6) is 0. The van der Waals surface area contributed by atoms with Crippen molar-refractivity contribution in [1.29, 1.82) is 0 Å². The molecule has 1 atom stereocenters. The van der Waals surface area contributed by atoms with E-state index in [1.54, 1.807) is 0 Å². The molecule has 0 aromatic rings. The lowest BCUT2D eigenvalue weighted by Gasteiger charge is -2.19. The first-order valence-electron chi connectivity index (χ1n) is 3.44. The molecule has 8 heavy (non-hydrogen) atoms. The van der Waals surface area contributed by atoms with Crippen LogP contribution in [0.15, 0.2) is 0 Å². The average molecular weight is 112 g/mol. The van der Waals surface area contributed by atoms with Crippen molar-refractivity contribution in [2.24, 2.45) is 0 Å². The quantitative estimate of drug-likeness (QED) is 0.540. The summed E-state index contributed by atoms with van der Waals surface area (Å²) in [6, 6.07) is 0.712. The van der Waals surface area contributed by atoms with Crippen molar-refractivity contribution in [1.82, 2.24) is 5.32 Å². The van der Waals surface area contributed by atoms with Gasteiger partial charge in [-0.15, -0.1) is 0 Å². The summed E-state index contributed by atoms with van der Waals surface area (Å²) in [5.41, 5.74) is 0. The lowest BCUT2D eigenvalue weighted by atomic mass is 9.96. The van der Waals surface area contributed by atoms with Gasteiger partial charge in [-0.25, -0.2) is 0 Å². The van der Waals surface area contributed by atoms with Crippen LogP contribution in [0.25, 0.3) is 0 Å². The van der Waals surface area contributed by atoms with Crippen molar-refractivity contribution >= 4 is 0 Å². The molecule has 1 fully saturated rings. The largest absolute Gasteiger partial charge is 0.317 e. The van der Waals surface area contributed by atoms with Gasteiger partial charge in [0.15, 0.2) is 0 Å². The van der Waals surface area contributed by atoms with Gasteiger partial charge in [-0.3, -0.25) is 0 Å². The summed E-state index contributed by atoms with van der Waals surface area (Å²) < 4.78 is 0. The first-order chi connectivity index (χ1) is 3.93. The third-order valence-corrected chi connectivity index (χ3v) is 1.79. The van der Waals surface area contributed by atoms with Gasteiger partial charge in [0.25, 0.3) is 0 Å². The Balaban J connectivity index is 2.13. The van der Waals surface area contributed by atoms with Crippen molar-refractivity contribution in [3.63, 3.8) is 0 Å². The molecule has 0 bridgehead atoms. The maximum atomic E-state index is 3.25. The molecule has 0 heterocycles. The van der Waals surface area contributed by atoms with Crippen molar-refractivity contribution in [2.45, 2.75) is 31.7 Å². The van der Waals surface area contributed by atoms with Crippen LogP contribution in [0.3, 0.4) is 0 Å². The lowest BCUT2D eigenvalue weighted by molar-refractivity contribution is 0.476. The number of hydrogen-bond acceptors (Lipinski definition) is 1. The normalized spacial score (nSPS) is 23.6. The molecular weight excluding hydrogens is 98.1 g/mol. The number of rotatable bonds is 1. The van der Waals surface area contributed by atoms with E-state index in [-0.39, 0.29) is 0 Å². The Morgan fingerprint density at radius 1 is 1.50 bits per heavy atom. The Bertz CT molecular complexity index is 55.4. The molecule has 1 aliphatic rings. The Labute approximate surface area is 51.5 Å². The van der Waals surface area contributed by atoms with Gasteiger partial charge in [0, 0.05) is 6.04 Å². The van der Waals surface area contributed by atoms with Crippen molar-refractivity contribution in [3.05, 3.63) is 6.42 Å². The molecule has 1 heteroatoms. The van der Waals surface area contributed by atoms with Crippen LogP contribution in [0.2, 0.25) is 0 Å². The SMILES string of the molecule is CN[C@@H]1[CH]CCCC1. The summed E-state index contributed by atoms with van der Waals surface area (Å²) >= 11 is 0. The molecule has 0 spiro atoms. The molecule has 0 aromatic carbocycles. The molecule has 1 rings (SSSR count). The van der Waals surface area contributed by atoms with Crippen LogP contribution >= 0.6 is 0 Å². The zero-order valence-electron chi connectivity index (χ0n) is 5.48. The third-order valence-electron chi connectivity index (χ3n) is 1.79. The Morgan fingerprint density at radius 3 is 2.75 bits per heavy atom. The summed E-state index contributed by atoms with van der Waals surface area (Å²) in [4.78, 5) is 0. The van der Waals surface area contributed by atoms with Crippen molar-refractivity contribution in [2.75, 3.05) is 7.05 Å². The second-order valence-electron chi connectivity index (χ2n) is 2.42. The maximum absolute atomic E-state index is 3.25. The van der Waals surface area contributed by atoms with Gasteiger partial charge in [-0.05, 0) is 26.3 Å². The molecule has 0 aromatic heterocycles. The van der Waals surface area contributed by atoms with Crippen molar-refractivity contribution < 1.29 is 0 Å². The average Bonchev–Trinajstić information content (AvgIpc) is 1.90. The fourth-order valence-corrected chi connectivity index (χ4v) is 1.21. The fourth-order valence-electron chi connectivity index (χ4n) is 1.21. The highest BCUT2D eigenvalue weighted by Crippen LogP contribution is 2.15. The highest BCUT2D eigenvalue weighted by molar-refractivity contribution is 4.85. The van der Waals surface area contributed by atoms with Gasteiger partial charge >= 0.3 is 0 Å². The molecule has 1 saturated carbocycles. The van der Waals surface area contributed by atoms with Gasteiger partial charge in [0.05, 0.1) is 0 Å². The van der Waals surface area contributed by atoms with Gasteiger partial charge in [0.2, 0.25) is 0 Å². The number of hydrogen-bond donors (Lipinski definition) is 1. The van der Waals surface area contributed by atoms with E-state index >= 15 is 0 Å². The molecule has 0 amide bonds. The predicted octanol–water partition coefficient (Wildman–Crippen LogP) is 1.35. The van der Waals surface area contributed by atoms with Gasteiger partial charge in [-0.2, -0.15) is 0 Å². The van der Waals surface area contributed by atoms with Crippen LogP contribution in [0.4, 0.5) is 0 Å². The van der Waals surface area contributed by atoms with E-state index in [0.29, 0.717) is 6.04 Å². The van der Waals surface area contributed by atoms with Crippen LogP contribution in [0.5, 0.6) is 0 Å². The van der Waals surface area contributed by atoms with Crippen LogP contribution < -0.4 is 5.32 Å². The van der Waals surface area contributed by atoms with E-state index in [4.69, 9.17) is 0 Å². The van der Waals surface area contributed by atoms with E-state index in [2.05, 4.69) is 11.7 Å². The van der Waals surface area contributed by atoms with Gasteiger partial charge < -0.3 is 5.32 Å². The second kappa shape index (κ2) is 3.08. The summed E-state index contributed by atoms with van der Waals surface area (Å²) in [6.07, 6.45) is 7.84. The minimum absolute atomic E-state index is 0.712. The van der Waals surface area contributed by atoms with Gasteiger partial charge in [0.1, 0.15) is 0 Å². The lowest BCUT2D eigenvalue weighted by Crippen LogP contribution is -2.27. The fraction of sp³-hybridized carbons (Fsp3) is 0.857. The maximum Gasteiger partial charge on any atom is 0.00955 e. The summed E-state index contributed by atoms with van der Waals surface area (Å²) in [7, 11) is 2.03. The predicted molar refractivity (Wildman–Crippen MR) is 35.6 cm³/mol. The van der Waals surface area contributed by atoms with E-state index in [0.717, 1.165) is 0 Å². The van der Waals surface area contributed by atoms with Crippen LogP contribution in [0.1, 0.15) is 25.7 Å².